The van der Waals surface area contributed by atoms with Gasteiger partial charge >= 0.3 is 0 Å². The first kappa shape index (κ1) is 23.5. The third kappa shape index (κ3) is 5.20. The molecule has 168 valence electrons. The fraction of sp³-hybridized carbons (Fsp3) is 0.500. The minimum absolute atomic E-state index is 0.00726. The molecule has 1 saturated heterocycles. The van der Waals surface area contributed by atoms with Crippen LogP contribution in [0.5, 0.6) is 0 Å². The summed E-state index contributed by atoms with van der Waals surface area (Å²) in [5.74, 6) is -0.00726. The van der Waals surface area contributed by atoms with Crippen LogP contribution in [-0.2, 0) is 20.7 Å². The Morgan fingerprint density at radius 3 is 1.77 bits per heavy atom. The number of nitrogens with zero attached hydrogens (tertiary/aromatic N) is 1. The van der Waals surface area contributed by atoms with Gasteiger partial charge in [-0.2, -0.15) is 0 Å². The van der Waals surface area contributed by atoms with Gasteiger partial charge in [0.2, 0.25) is 0 Å². The molecule has 5 heteroatoms. The van der Waals surface area contributed by atoms with Gasteiger partial charge in [0.15, 0.2) is 9.84 Å². The van der Waals surface area contributed by atoms with Crippen LogP contribution < -0.4 is 0 Å². The van der Waals surface area contributed by atoms with Crippen molar-refractivity contribution in [2.24, 2.45) is 0 Å². The summed E-state index contributed by atoms with van der Waals surface area (Å²) < 4.78 is 25.9. The lowest BCUT2D eigenvalue weighted by molar-refractivity contribution is 0.0725. The number of benzene rings is 2. The van der Waals surface area contributed by atoms with E-state index in [1.165, 1.54) is 0 Å². The number of sulfone groups is 1. The average Bonchev–Trinajstić information content (AvgIpc) is 2.72. The second-order valence-electron chi connectivity index (χ2n) is 10.6. The highest BCUT2D eigenvalue weighted by molar-refractivity contribution is 7.92. The zero-order valence-electron chi connectivity index (χ0n) is 19.6. The molecule has 1 aliphatic heterocycles. The lowest BCUT2D eigenvalue weighted by Gasteiger charge is -2.33. The SMILES string of the molecule is CC(C)(C)c1cc(C(=O)N2CCC(S(=O)(=O)c3ccccc3)CC2)cc(C(C)(C)C)c1. The Kier molecular flexibility index (Phi) is 6.39. The van der Waals surface area contributed by atoms with Crippen LogP contribution in [0.15, 0.2) is 53.4 Å². The van der Waals surface area contributed by atoms with Crippen LogP contribution in [0.3, 0.4) is 0 Å². The molecule has 1 amide bonds. The molecular formula is C26H35NO3S. The van der Waals surface area contributed by atoms with Crippen LogP contribution in [-0.4, -0.2) is 37.6 Å². The summed E-state index contributed by atoms with van der Waals surface area (Å²) in [6.45, 7) is 13.9. The maximum absolute atomic E-state index is 13.4. The number of hydrogen-bond donors (Lipinski definition) is 0. The minimum atomic E-state index is -3.37. The van der Waals surface area contributed by atoms with E-state index in [0.29, 0.717) is 36.4 Å². The molecular weight excluding hydrogens is 406 g/mol. The van der Waals surface area contributed by atoms with E-state index in [2.05, 4.69) is 47.6 Å². The zero-order valence-corrected chi connectivity index (χ0v) is 20.4. The molecule has 0 atom stereocenters. The van der Waals surface area contributed by atoms with Crippen LogP contribution in [0.25, 0.3) is 0 Å². The average molecular weight is 442 g/mol. The highest BCUT2D eigenvalue weighted by Gasteiger charge is 2.33. The molecule has 0 unspecified atom stereocenters. The molecule has 3 rings (SSSR count). The molecule has 2 aromatic rings. The fourth-order valence-corrected chi connectivity index (χ4v) is 5.72. The third-order valence-electron chi connectivity index (χ3n) is 6.15. The number of carbonyl (C=O) groups is 1. The Labute approximate surface area is 187 Å². The molecule has 1 fully saturated rings. The van der Waals surface area contributed by atoms with Crippen molar-refractivity contribution in [3.63, 3.8) is 0 Å². The topological polar surface area (TPSA) is 54.5 Å². The Balaban J connectivity index is 1.81. The summed E-state index contributed by atoms with van der Waals surface area (Å²) in [6, 6.07) is 14.8. The highest BCUT2D eigenvalue weighted by Crippen LogP contribution is 2.31. The quantitative estimate of drug-likeness (QED) is 0.644. The van der Waals surface area contributed by atoms with E-state index in [9.17, 15) is 13.2 Å². The molecule has 1 heterocycles. The molecule has 0 N–H and O–H groups in total. The third-order valence-corrected chi connectivity index (χ3v) is 8.43. The zero-order chi connectivity index (χ0) is 23.0. The van der Waals surface area contributed by atoms with E-state index in [1.54, 1.807) is 24.3 Å². The first-order chi connectivity index (χ1) is 14.3. The van der Waals surface area contributed by atoms with Gasteiger partial charge in [0.05, 0.1) is 10.1 Å². The molecule has 0 saturated carbocycles. The summed E-state index contributed by atoms with van der Waals surface area (Å²) >= 11 is 0. The van der Waals surface area contributed by atoms with Gasteiger partial charge in [0, 0.05) is 18.7 Å². The second-order valence-corrected chi connectivity index (χ2v) is 12.9. The van der Waals surface area contributed by atoms with E-state index in [0.717, 1.165) is 11.1 Å². The number of hydrogen-bond acceptors (Lipinski definition) is 3. The van der Waals surface area contributed by atoms with Crippen molar-refractivity contribution in [1.82, 2.24) is 4.90 Å². The highest BCUT2D eigenvalue weighted by atomic mass is 32.2. The normalized spacial score (nSPS) is 16.4. The van der Waals surface area contributed by atoms with Crippen molar-refractivity contribution < 1.29 is 13.2 Å². The van der Waals surface area contributed by atoms with Crippen molar-refractivity contribution in [2.45, 2.75) is 75.4 Å². The Morgan fingerprint density at radius 2 is 1.32 bits per heavy atom. The number of amides is 1. The van der Waals surface area contributed by atoms with Crippen LogP contribution >= 0.6 is 0 Å². The van der Waals surface area contributed by atoms with E-state index in [1.807, 2.05) is 23.1 Å². The summed E-state index contributed by atoms with van der Waals surface area (Å²) in [5.41, 5.74) is 2.86. The van der Waals surface area contributed by atoms with Gasteiger partial charge in [-0.15, -0.1) is 0 Å². The van der Waals surface area contributed by atoms with Crippen molar-refractivity contribution in [2.75, 3.05) is 13.1 Å². The van der Waals surface area contributed by atoms with Crippen LogP contribution in [0.2, 0.25) is 0 Å². The van der Waals surface area contributed by atoms with Crippen molar-refractivity contribution >= 4 is 15.7 Å². The van der Waals surface area contributed by atoms with Crippen LogP contribution in [0.1, 0.15) is 75.9 Å². The first-order valence-electron chi connectivity index (χ1n) is 11.0. The van der Waals surface area contributed by atoms with E-state index >= 15 is 0 Å². The van der Waals surface area contributed by atoms with Crippen LogP contribution in [0.4, 0.5) is 0 Å². The number of likely N-dealkylation sites (tertiary alicyclic amines) is 1. The van der Waals surface area contributed by atoms with Crippen LogP contribution in [0, 0.1) is 0 Å². The lowest BCUT2D eigenvalue weighted by atomic mass is 9.79. The molecule has 0 radical (unpaired) electrons. The number of piperidine rings is 1. The van der Waals surface area contributed by atoms with Gasteiger partial charge in [0.25, 0.3) is 5.91 Å². The fourth-order valence-electron chi connectivity index (χ4n) is 3.97. The monoisotopic (exact) mass is 441 g/mol. The largest absolute Gasteiger partial charge is 0.339 e. The van der Waals surface area contributed by atoms with E-state index in [4.69, 9.17) is 0 Å². The Morgan fingerprint density at radius 1 is 0.839 bits per heavy atom. The summed E-state index contributed by atoms with van der Waals surface area (Å²) in [6.07, 6.45) is 0.933. The molecule has 4 nitrogen and oxygen atoms in total. The standard InChI is InChI=1S/C26H35NO3S/c1-25(2,3)20-16-19(17-21(18-20)26(4,5)6)24(28)27-14-12-23(13-15-27)31(29,30)22-10-8-7-9-11-22/h7-11,16-18,23H,12-15H2,1-6H3. The molecule has 0 aromatic heterocycles. The van der Waals surface area contributed by atoms with Crippen molar-refractivity contribution in [3.05, 3.63) is 65.2 Å². The van der Waals surface area contributed by atoms with Crippen molar-refractivity contribution in [1.29, 1.82) is 0 Å². The maximum atomic E-state index is 13.4. The molecule has 0 aliphatic carbocycles. The number of rotatable bonds is 3. The molecule has 0 spiro atoms. The van der Waals surface area contributed by atoms with Gasteiger partial charge in [-0.3, -0.25) is 4.79 Å². The second kappa shape index (κ2) is 8.42. The summed E-state index contributed by atoms with van der Waals surface area (Å²) in [7, 11) is -3.37. The van der Waals surface area contributed by atoms with E-state index < -0.39 is 15.1 Å². The minimum Gasteiger partial charge on any atom is -0.339 e. The smallest absolute Gasteiger partial charge is 0.253 e. The molecule has 0 bridgehead atoms. The van der Waals surface area contributed by atoms with E-state index in [-0.39, 0.29) is 16.7 Å². The molecule has 2 aromatic carbocycles. The van der Waals surface area contributed by atoms with Gasteiger partial charge in [0.1, 0.15) is 0 Å². The molecule has 1 aliphatic rings. The maximum Gasteiger partial charge on any atom is 0.253 e. The summed E-state index contributed by atoms with van der Waals surface area (Å²) in [5, 5.41) is -0.440. The van der Waals surface area contributed by atoms with Gasteiger partial charge in [-0.05, 0) is 59.1 Å². The Hall–Kier alpha value is -2.14. The van der Waals surface area contributed by atoms with Gasteiger partial charge < -0.3 is 4.90 Å². The van der Waals surface area contributed by atoms with Gasteiger partial charge in [-0.25, -0.2) is 8.42 Å². The summed E-state index contributed by atoms with van der Waals surface area (Å²) in [4.78, 5) is 15.5. The molecule has 31 heavy (non-hydrogen) atoms. The first-order valence-corrected chi connectivity index (χ1v) is 12.6. The predicted molar refractivity (Wildman–Crippen MR) is 126 cm³/mol. The number of carbonyl (C=O) groups excluding carboxylic acids is 1. The van der Waals surface area contributed by atoms with Gasteiger partial charge in [-0.1, -0.05) is 65.8 Å². The predicted octanol–water partition coefficient (Wildman–Crippen LogP) is 5.36. The van der Waals surface area contributed by atoms with Crippen molar-refractivity contribution in [3.8, 4) is 0 Å². The lowest BCUT2D eigenvalue weighted by Crippen LogP contribution is -2.42. The Bertz CT molecular complexity index is 1000.